The molecule has 0 aliphatic rings. The normalized spacial score (nSPS) is 10.3. The van der Waals surface area contributed by atoms with Crippen LogP contribution in [0.2, 0.25) is 0 Å². The van der Waals surface area contributed by atoms with Gasteiger partial charge >= 0.3 is 0 Å². The number of carbonyl (C=O) groups is 1. The van der Waals surface area contributed by atoms with Crippen LogP contribution in [0.15, 0.2) is 34.1 Å². The maximum Gasteiger partial charge on any atom is 0.258 e. The van der Waals surface area contributed by atoms with Crippen molar-refractivity contribution in [2.24, 2.45) is 0 Å². The SMILES string of the molecule is O=C(COc1ccc(F)cc1F)NCc1ccc(Br)s1. The quantitative estimate of drug-likeness (QED) is 0.885. The van der Waals surface area contributed by atoms with E-state index >= 15 is 0 Å². The van der Waals surface area contributed by atoms with E-state index < -0.39 is 11.6 Å². The average Bonchev–Trinajstić information content (AvgIpc) is 2.81. The van der Waals surface area contributed by atoms with Gasteiger partial charge in [-0.15, -0.1) is 11.3 Å². The largest absolute Gasteiger partial charge is 0.481 e. The summed E-state index contributed by atoms with van der Waals surface area (Å²) in [5.41, 5.74) is 0. The first kappa shape index (κ1) is 14.9. The van der Waals surface area contributed by atoms with E-state index in [2.05, 4.69) is 21.2 Å². The Morgan fingerprint density at radius 1 is 1.30 bits per heavy atom. The molecule has 0 aliphatic heterocycles. The Morgan fingerprint density at radius 3 is 2.75 bits per heavy atom. The summed E-state index contributed by atoms with van der Waals surface area (Å²) in [6.45, 7) is 0.0550. The summed E-state index contributed by atoms with van der Waals surface area (Å²) in [4.78, 5) is 12.5. The first-order valence-electron chi connectivity index (χ1n) is 5.63. The monoisotopic (exact) mass is 361 g/mol. The zero-order valence-electron chi connectivity index (χ0n) is 10.2. The van der Waals surface area contributed by atoms with E-state index in [1.807, 2.05) is 12.1 Å². The fourth-order valence-electron chi connectivity index (χ4n) is 1.42. The van der Waals surface area contributed by atoms with Gasteiger partial charge in [0.1, 0.15) is 5.82 Å². The Balaban J connectivity index is 1.80. The van der Waals surface area contributed by atoms with Crippen LogP contribution in [0, 0.1) is 11.6 Å². The van der Waals surface area contributed by atoms with Gasteiger partial charge in [0.25, 0.3) is 5.91 Å². The Morgan fingerprint density at radius 2 is 2.10 bits per heavy atom. The molecule has 0 spiro atoms. The molecular formula is C13H10BrF2NO2S. The summed E-state index contributed by atoms with van der Waals surface area (Å²) < 4.78 is 31.9. The zero-order valence-corrected chi connectivity index (χ0v) is 12.6. The molecule has 1 aromatic carbocycles. The first-order valence-corrected chi connectivity index (χ1v) is 7.24. The molecular weight excluding hydrogens is 352 g/mol. The Hall–Kier alpha value is -1.47. The number of thiophene rings is 1. The molecule has 2 aromatic rings. The number of amides is 1. The van der Waals surface area contributed by atoms with E-state index in [0.29, 0.717) is 12.6 Å². The van der Waals surface area contributed by atoms with Crippen molar-refractivity contribution in [1.29, 1.82) is 0 Å². The number of rotatable bonds is 5. The van der Waals surface area contributed by atoms with Crippen molar-refractivity contribution < 1.29 is 18.3 Å². The van der Waals surface area contributed by atoms with E-state index in [1.54, 1.807) is 0 Å². The highest BCUT2D eigenvalue weighted by Gasteiger charge is 2.08. The molecule has 1 N–H and O–H groups in total. The van der Waals surface area contributed by atoms with Crippen molar-refractivity contribution in [3.63, 3.8) is 0 Å². The number of halogens is 3. The van der Waals surface area contributed by atoms with Crippen LogP contribution in [0.4, 0.5) is 8.78 Å². The maximum atomic E-state index is 13.3. The third kappa shape index (κ3) is 4.28. The lowest BCUT2D eigenvalue weighted by Gasteiger charge is -2.07. The average molecular weight is 362 g/mol. The van der Waals surface area contributed by atoms with Crippen LogP contribution in [0.3, 0.4) is 0 Å². The van der Waals surface area contributed by atoms with Gasteiger partial charge in [-0.25, -0.2) is 8.78 Å². The second kappa shape index (κ2) is 6.81. The number of carbonyl (C=O) groups excluding carboxylic acids is 1. The van der Waals surface area contributed by atoms with Crippen LogP contribution in [-0.4, -0.2) is 12.5 Å². The molecule has 0 saturated heterocycles. The molecule has 0 atom stereocenters. The van der Waals surface area contributed by atoms with E-state index in [0.717, 1.165) is 20.8 Å². The van der Waals surface area contributed by atoms with Crippen LogP contribution in [0.1, 0.15) is 4.88 Å². The molecule has 106 valence electrons. The van der Waals surface area contributed by atoms with Gasteiger partial charge in [-0.2, -0.15) is 0 Å². The molecule has 0 unspecified atom stereocenters. The summed E-state index contributed by atoms with van der Waals surface area (Å²) in [7, 11) is 0. The highest BCUT2D eigenvalue weighted by atomic mass is 79.9. The standard InChI is InChI=1S/C13H10BrF2NO2S/c14-12-4-2-9(20-12)6-17-13(18)7-19-11-3-1-8(15)5-10(11)16/h1-5H,6-7H2,(H,17,18). The van der Waals surface area contributed by atoms with Gasteiger partial charge in [0, 0.05) is 10.9 Å². The van der Waals surface area contributed by atoms with Crippen molar-refractivity contribution in [3.05, 3.63) is 50.6 Å². The van der Waals surface area contributed by atoms with Gasteiger partial charge in [-0.3, -0.25) is 4.79 Å². The van der Waals surface area contributed by atoms with E-state index in [-0.39, 0.29) is 18.3 Å². The zero-order chi connectivity index (χ0) is 14.5. The fraction of sp³-hybridized carbons (Fsp3) is 0.154. The van der Waals surface area contributed by atoms with E-state index in [4.69, 9.17) is 4.74 Å². The molecule has 0 saturated carbocycles. The van der Waals surface area contributed by atoms with Gasteiger partial charge < -0.3 is 10.1 Å². The topological polar surface area (TPSA) is 38.3 Å². The minimum atomic E-state index is -0.833. The lowest BCUT2D eigenvalue weighted by molar-refractivity contribution is -0.123. The van der Waals surface area contributed by atoms with Gasteiger partial charge in [-0.1, -0.05) is 0 Å². The van der Waals surface area contributed by atoms with E-state index in [9.17, 15) is 13.6 Å². The van der Waals surface area contributed by atoms with Crippen molar-refractivity contribution in [3.8, 4) is 5.75 Å². The van der Waals surface area contributed by atoms with Crippen molar-refractivity contribution in [1.82, 2.24) is 5.32 Å². The molecule has 3 nitrogen and oxygen atoms in total. The lowest BCUT2D eigenvalue weighted by atomic mass is 10.3. The number of hydrogen-bond donors (Lipinski definition) is 1. The lowest BCUT2D eigenvalue weighted by Crippen LogP contribution is -2.28. The van der Waals surface area contributed by atoms with Crippen LogP contribution in [0.25, 0.3) is 0 Å². The van der Waals surface area contributed by atoms with Crippen molar-refractivity contribution in [2.45, 2.75) is 6.54 Å². The molecule has 0 fully saturated rings. The minimum Gasteiger partial charge on any atom is -0.481 e. The molecule has 1 heterocycles. The fourth-order valence-corrected chi connectivity index (χ4v) is 2.84. The molecule has 1 amide bonds. The summed E-state index contributed by atoms with van der Waals surface area (Å²) >= 11 is 4.83. The Bertz CT molecular complexity index is 618. The van der Waals surface area contributed by atoms with Crippen LogP contribution in [-0.2, 0) is 11.3 Å². The summed E-state index contributed by atoms with van der Waals surface area (Å²) in [5, 5.41) is 2.64. The first-order chi connectivity index (χ1) is 9.54. The summed E-state index contributed by atoms with van der Waals surface area (Å²) in [6, 6.07) is 6.69. The highest BCUT2D eigenvalue weighted by Crippen LogP contribution is 2.21. The molecule has 0 aliphatic carbocycles. The molecule has 0 bridgehead atoms. The molecule has 2 rings (SSSR count). The third-order valence-corrected chi connectivity index (χ3v) is 3.96. The second-order valence-corrected chi connectivity index (χ2v) is 6.39. The van der Waals surface area contributed by atoms with Crippen LogP contribution in [0.5, 0.6) is 5.75 Å². The van der Waals surface area contributed by atoms with Gasteiger partial charge in [0.15, 0.2) is 18.2 Å². The predicted octanol–water partition coefficient (Wildman–Crippen LogP) is 3.48. The highest BCUT2D eigenvalue weighted by molar-refractivity contribution is 9.11. The molecule has 0 radical (unpaired) electrons. The van der Waals surface area contributed by atoms with Gasteiger partial charge in [0.2, 0.25) is 0 Å². The Kier molecular flexibility index (Phi) is 5.08. The Labute approximate surface area is 126 Å². The van der Waals surface area contributed by atoms with Crippen molar-refractivity contribution >= 4 is 33.2 Å². The molecule has 7 heteroatoms. The number of nitrogens with one attached hydrogen (secondary N) is 1. The summed E-state index contributed by atoms with van der Waals surface area (Å²) in [5.74, 6) is -2.05. The van der Waals surface area contributed by atoms with Crippen molar-refractivity contribution in [2.75, 3.05) is 6.61 Å². The van der Waals surface area contributed by atoms with Crippen LogP contribution >= 0.6 is 27.3 Å². The maximum absolute atomic E-state index is 13.3. The number of benzene rings is 1. The number of ether oxygens (including phenoxy) is 1. The third-order valence-electron chi connectivity index (χ3n) is 2.34. The van der Waals surface area contributed by atoms with Gasteiger partial charge in [-0.05, 0) is 40.2 Å². The minimum absolute atomic E-state index is 0.152. The summed E-state index contributed by atoms with van der Waals surface area (Å²) in [6.07, 6.45) is 0. The smallest absolute Gasteiger partial charge is 0.258 e. The second-order valence-electron chi connectivity index (χ2n) is 3.85. The van der Waals surface area contributed by atoms with Crippen LogP contribution < -0.4 is 10.1 Å². The molecule has 1 aromatic heterocycles. The van der Waals surface area contributed by atoms with E-state index in [1.165, 1.54) is 11.3 Å². The predicted molar refractivity (Wildman–Crippen MR) is 75.7 cm³/mol. The van der Waals surface area contributed by atoms with Gasteiger partial charge in [0.05, 0.1) is 10.3 Å². The number of hydrogen-bond acceptors (Lipinski definition) is 3. The molecule has 20 heavy (non-hydrogen) atoms.